The molecule has 0 saturated heterocycles. The van der Waals surface area contributed by atoms with Crippen LogP contribution in [0.15, 0.2) is 59.7 Å². The molecule has 0 aliphatic rings. The highest BCUT2D eigenvalue weighted by Gasteiger charge is 2.06. The second kappa shape index (κ2) is 9.59. The van der Waals surface area contributed by atoms with E-state index in [1.807, 2.05) is 30.3 Å². The number of halogens is 1. The molecule has 0 fully saturated rings. The van der Waals surface area contributed by atoms with Crippen molar-refractivity contribution in [3.8, 4) is 0 Å². The van der Waals surface area contributed by atoms with E-state index in [0.29, 0.717) is 29.3 Å². The first-order valence-electron chi connectivity index (χ1n) is 7.94. The second-order valence-electron chi connectivity index (χ2n) is 5.60. The van der Waals surface area contributed by atoms with Crippen LogP contribution in [0.5, 0.6) is 0 Å². The summed E-state index contributed by atoms with van der Waals surface area (Å²) in [6, 6.07) is 16.6. The van der Waals surface area contributed by atoms with Gasteiger partial charge in [0.15, 0.2) is 0 Å². The van der Waals surface area contributed by atoms with Gasteiger partial charge in [0.1, 0.15) is 0 Å². The normalized spacial score (nSPS) is 11.0. The smallest absolute Gasteiger partial charge is 0.240 e. The number of carbonyl (C=O) groups is 2. The third-order valence-electron chi connectivity index (χ3n) is 3.40. The summed E-state index contributed by atoms with van der Waals surface area (Å²) in [6.07, 6.45) is 1.09. The number of hydrogen-bond acceptors (Lipinski definition) is 3. The molecule has 0 radical (unpaired) electrons. The van der Waals surface area contributed by atoms with Crippen molar-refractivity contribution in [3.63, 3.8) is 0 Å². The van der Waals surface area contributed by atoms with Gasteiger partial charge in [0.2, 0.25) is 11.8 Å². The molecular weight excluding hydrogens is 338 g/mol. The molecular formula is C19H20ClN3O2. The van der Waals surface area contributed by atoms with Crippen LogP contribution in [0.25, 0.3) is 0 Å². The molecule has 2 aromatic rings. The predicted molar refractivity (Wildman–Crippen MR) is 101 cm³/mol. The summed E-state index contributed by atoms with van der Waals surface area (Å²) in [5, 5.41) is 7.32. The van der Waals surface area contributed by atoms with E-state index in [-0.39, 0.29) is 18.2 Å². The molecule has 0 saturated carbocycles. The molecule has 25 heavy (non-hydrogen) atoms. The van der Waals surface area contributed by atoms with E-state index in [0.717, 1.165) is 5.56 Å². The highest BCUT2D eigenvalue weighted by Crippen LogP contribution is 2.13. The standard InChI is InChI=1S/C19H20ClN3O2/c1-14(13-19(25)21-17-10-8-16(20)9-11-17)22-23-18(24)12-7-15-5-3-2-4-6-15/h2-6,8-11H,7,12-13H2,1H3,(H,21,25)(H,23,24). The Hall–Kier alpha value is -2.66. The van der Waals surface area contributed by atoms with Crippen LogP contribution in [0.3, 0.4) is 0 Å². The number of nitrogens with zero attached hydrogens (tertiary/aromatic N) is 1. The maximum absolute atomic E-state index is 11.9. The Morgan fingerprint density at radius 1 is 1.00 bits per heavy atom. The summed E-state index contributed by atoms with van der Waals surface area (Å²) in [5.74, 6) is -0.386. The van der Waals surface area contributed by atoms with Crippen molar-refractivity contribution in [3.05, 3.63) is 65.2 Å². The molecule has 2 amide bonds. The average molecular weight is 358 g/mol. The fraction of sp³-hybridized carbons (Fsp3) is 0.211. The van der Waals surface area contributed by atoms with Crippen LogP contribution in [-0.2, 0) is 16.0 Å². The molecule has 5 nitrogen and oxygen atoms in total. The number of rotatable bonds is 7. The lowest BCUT2D eigenvalue weighted by atomic mass is 10.1. The van der Waals surface area contributed by atoms with Gasteiger partial charge in [-0.25, -0.2) is 5.43 Å². The minimum atomic E-state index is -0.206. The van der Waals surface area contributed by atoms with Gasteiger partial charge < -0.3 is 5.32 Å². The molecule has 0 heterocycles. The number of hydrazone groups is 1. The van der Waals surface area contributed by atoms with Crippen molar-refractivity contribution in [2.24, 2.45) is 5.10 Å². The third-order valence-corrected chi connectivity index (χ3v) is 3.65. The number of amides is 2. The van der Waals surface area contributed by atoms with Crippen molar-refractivity contribution < 1.29 is 9.59 Å². The second-order valence-corrected chi connectivity index (χ2v) is 6.04. The van der Waals surface area contributed by atoms with Gasteiger partial charge in [-0.05, 0) is 43.2 Å². The van der Waals surface area contributed by atoms with E-state index in [1.54, 1.807) is 31.2 Å². The Morgan fingerprint density at radius 3 is 2.36 bits per heavy atom. The zero-order valence-electron chi connectivity index (χ0n) is 14.0. The minimum Gasteiger partial charge on any atom is -0.326 e. The molecule has 6 heteroatoms. The first-order valence-corrected chi connectivity index (χ1v) is 8.32. The van der Waals surface area contributed by atoms with Crippen LogP contribution in [0.4, 0.5) is 5.69 Å². The number of aryl methyl sites for hydroxylation is 1. The molecule has 0 bridgehead atoms. The molecule has 2 rings (SSSR count). The first-order chi connectivity index (χ1) is 12.0. The van der Waals surface area contributed by atoms with Crippen LogP contribution in [-0.4, -0.2) is 17.5 Å². The molecule has 2 aromatic carbocycles. The molecule has 0 aromatic heterocycles. The number of anilines is 1. The number of hydrogen-bond donors (Lipinski definition) is 2. The summed E-state index contributed by atoms with van der Waals surface area (Å²) in [4.78, 5) is 23.7. The number of benzene rings is 2. The predicted octanol–water partition coefficient (Wildman–Crippen LogP) is 3.79. The highest BCUT2D eigenvalue weighted by atomic mass is 35.5. The van der Waals surface area contributed by atoms with Crippen LogP contribution in [0.2, 0.25) is 5.02 Å². The van der Waals surface area contributed by atoms with Gasteiger partial charge >= 0.3 is 0 Å². The summed E-state index contributed by atoms with van der Waals surface area (Å²) < 4.78 is 0. The maximum atomic E-state index is 11.9. The Labute approximate surface area is 152 Å². The molecule has 0 aliphatic heterocycles. The topological polar surface area (TPSA) is 70.6 Å². The van der Waals surface area contributed by atoms with Gasteiger partial charge in [0.25, 0.3) is 0 Å². The van der Waals surface area contributed by atoms with E-state index < -0.39 is 0 Å². The zero-order chi connectivity index (χ0) is 18.1. The van der Waals surface area contributed by atoms with E-state index >= 15 is 0 Å². The summed E-state index contributed by atoms with van der Waals surface area (Å²) in [5.41, 5.74) is 4.77. The Balaban J connectivity index is 1.73. The Morgan fingerprint density at radius 2 is 1.68 bits per heavy atom. The molecule has 0 spiro atoms. The van der Waals surface area contributed by atoms with Gasteiger partial charge in [-0.2, -0.15) is 5.10 Å². The van der Waals surface area contributed by atoms with Crippen LogP contribution < -0.4 is 10.7 Å². The molecule has 0 atom stereocenters. The molecule has 0 aliphatic carbocycles. The van der Waals surface area contributed by atoms with Gasteiger partial charge in [-0.15, -0.1) is 0 Å². The fourth-order valence-corrected chi connectivity index (χ4v) is 2.25. The van der Waals surface area contributed by atoms with E-state index in [4.69, 9.17) is 11.6 Å². The van der Waals surface area contributed by atoms with Gasteiger partial charge in [0.05, 0.1) is 6.42 Å². The lowest BCUT2D eigenvalue weighted by Crippen LogP contribution is -2.21. The van der Waals surface area contributed by atoms with E-state index in [1.165, 1.54) is 0 Å². The van der Waals surface area contributed by atoms with Crippen molar-refractivity contribution in [1.82, 2.24) is 5.43 Å². The fourth-order valence-electron chi connectivity index (χ4n) is 2.13. The average Bonchev–Trinajstić information content (AvgIpc) is 2.61. The van der Waals surface area contributed by atoms with Crippen LogP contribution in [0.1, 0.15) is 25.3 Å². The van der Waals surface area contributed by atoms with Crippen molar-refractivity contribution in [2.75, 3.05) is 5.32 Å². The first kappa shape index (κ1) is 18.7. The summed E-state index contributed by atoms with van der Waals surface area (Å²) in [6.45, 7) is 1.69. The number of carbonyl (C=O) groups excluding carboxylic acids is 2. The minimum absolute atomic E-state index is 0.0988. The lowest BCUT2D eigenvalue weighted by molar-refractivity contribution is -0.121. The van der Waals surface area contributed by atoms with Crippen molar-refractivity contribution >= 4 is 34.8 Å². The quantitative estimate of drug-likeness (QED) is 0.584. The Bertz CT molecular complexity index is 743. The van der Waals surface area contributed by atoms with Gasteiger partial charge in [-0.1, -0.05) is 41.9 Å². The van der Waals surface area contributed by atoms with E-state index in [2.05, 4.69) is 15.8 Å². The highest BCUT2D eigenvalue weighted by molar-refractivity contribution is 6.30. The summed E-state index contributed by atoms with van der Waals surface area (Å²) in [7, 11) is 0. The largest absolute Gasteiger partial charge is 0.326 e. The SMILES string of the molecule is CC(CC(=O)Nc1ccc(Cl)cc1)=NNC(=O)CCc1ccccc1. The third kappa shape index (κ3) is 7.18. The lowest BCUT2D eigenvalue weighted by Gasteiger charge is -2.06. The van der Waals surface area contributed by atoms with Gasteiger partial charge in [-0.3, -0.25) is 9.59 Å². The molecule has 0 unspecified atom stereocenters. The van der Waals surface area contributed by atoms with Crippen LogP contribution in [0, 0.1) is 0 Å². The summed E-state index contributed by atoms with van der Waals surface area (Å²) >= 11 is 5.80. The monoisotopic (exact) mass is 357 g/mol. The van der Waals surface area contributed by atoms with E-state index in [9.17, 15) is 9.59 Å². The Kier molecular flexibility index (Phi) is 7.16. The zero-order valence-corrected chi connectivity index (χ0v) is 14.7. The van der Waals surface area contributed by atoms with Crippen molar-refractivity contribution in [2.45, 2.75) is 26.2 Å². The van der Waals surface area contributed by atoms with Crippen molar-refractivity contribution in [1.29, 1.82) is 0 Å². The molecule has 130 valence electrons. The maximum Gasteiger partial charge on any atom is 0.240 e. The molecule has 2 N–H and O–H groups in total. The van der Waals surface area contributed by atoms with Crippen LogP contribution >= 0.6 is 11.6 Å². The number of nitrogens with one attached hydrogen (secondary N) is 2. The van der Waals surface area contributed by atoms with Gasteiger partial charge in [0, 0.05) is 22.8 Å².